The number of aryl methyl sites for hydroxylation is 1. The van der Waals surface area contributed by atoms with Gasteiger partial charge in [0.1, 0.15) is 17.1 Å². The number of rotatable bonds is 8. The Kier molecular flexibility index (Phi) is 7.24. The van der Waals surface area contributed by atoms with E-state index in [2.05, 4.69) is 5.32 Å². The molecule has 1 amide bonds. The number of carbonyl (C=O) groups is 2. The number of hydrogen-bond donors (Lipinski definition) is 1. The van der Waals surface area contributed by atoms with Gasteiger partial charge < -0.3 is 14.5 Å². The number of furan rings is 1. The van der Waals surface area contributed by atoms with Gasteiger partial charge in [-0.05, 0) is 31.7 Å². The molecule has 0 radical (unpaired) electrons. The lowest BCUT2D eigenvalue weighted by Gasteiger charge is -2.15. The summed E-state index contributed by atoms with van der Waals surface area (Å²) in [5.41, 5.74) is 1.31. The predicted octanol–water partition coefficient (Wildman–Crippen LogP) is 3.17. The number of nitrogens with zero attached hydrogens (tertiary/aromatic N) is 1. The molecule has 0 aliphatic rings. The van der Waals surface area contributed by atoms with E-state index in [4.69, 9.17) is 20.8 Å². The van der Waals surface area contributed by atoms with Crippen LogP contribution < -0.4 is 5.32 Å². The maximum atomic E-state index is 12.0. The van der Waals surface area contributed by atoms with Gasteiger partial charge in [-0.2, -0.15) is 0 Å². The first-order valence-electron chi connectivity index (χ1n) is 8.27. The van der Waals surface area contributed by atoms with E-state index in [1.54, 1.807) is 19.1 Å². The zero-order valence-corrected chi connectivity index (χ0v) is 15.9. The minimum absolute atomic E-state index is 0.0531. The molecule has 0 fully saturated rings. The summed E-state index contributed by atoms with van der Waals surface area (Å²) in [5, 5.41) is 3.50. The average Bonchev–Trinajstić information content (AvgIpc) is 2.98. The van der Waals surface area contributed by atoms with Crippen LogP contribution in [0.25, 0.3) is 0 Å². The second kappa shape index (κ2) is 9.40. The van der Waals surface area contributed by atoms with Gasteiger partial charge in [0.15, 0.2) is 0 Å². The Morgan fingerprint density at radius 2 is 2.04 bits per heavy atom. The van der Waals surface area contributed by atoms with E-state index >= 15 is 0 Å². The molecule has 0 unspecified atom stereocenters. The van der Waals surface area contributed by atoms with Crippen molar-refractivity contribution in [3.8, 4) is 0 Å². The van der Waals surface area contributed by atoms with Gasteiger partial charge in [-0.15, -0.1) is 0 Å². The summed E-state index contributed by atoms with van der Waals surface area (Å²) < 4.78 is 10.3. The lowest BCUT2D eigenvalue weighted by molar-refractivity contribution is -0.121. The molecule has 2 rings (SSSR count). The molecule has 0 aliphatic carbocycles. The number of carbonyl (C=O) groups excluding carboxylic acids is 2. The van der Waals surface area contributed by atoms with Crippen molar-refractivity contribution in [3.63, 3.8) is 0 Å². The normalized spacial score (nSPS) is 10.8. The molecule has 1 N–H and O–H groups in total. The average molecular weight is 379 g/mol. The molecule has 2 aromatic rings. The van der Waals surface area contributed by atoms with Crippen LogP contribution in [0.2, 0.25) is 5.02 Å². The highest BCUT2D eigenvalue weighted by atomic mass is 35.5. The van der Waals surface area contributed by atoms with E-state index in [9.17, 15) is 9.59 Å². The first kappa shape index (κ1) is 20.0. The third-order valence-corrected chi connectivity index (χ3v) is 4.32. The number of halogens is 1. The molecule has 1 heterocycles. The Balaban J connectivity index is 1.78. The van der Waals surface area contributed by atoms with Crippen molar-refractivity contribution in [2.24, 2.45) is 0 Å². The molecule has 0 atom stereocenters. The van der Waals surface area contributed by atoms with Gasteiger partial charge in [-0.1, -0.05) is 29.8 Å². The topological polar surface area (TPSA) is 71.8 Å². The van der Waals surface area contributed by atoms with Crippen molar-refractivity contribution in [2.75, 3.05) is 20.7 Å². The van der Waals surface area contributed by atoms with E-state index in [1.165, 1.54) is 7.11 Å². The predicted molar refractivity (Wildman–Crippen MR) is 99.0 cm³/mol. The van der Waals surface area contributed by atoms with Gasteiger partial charge in [-0.3, -0.25) is 9.69 Å². The van der Waals surface area contributed by atoms with Crippen LogP contribution in [0.1, 0.15) is 33.9 Å². The molecule has 6 nitrogen and oxygen atoms in total. The lowest BCUT2D eigenvalue weighted by Crippen LogP contribution is -2.28. The summed E-state index contributed by atoms with van der Waals surface area (Å²) >= 11 is 6.07. The van der Waals surface area contributed by atoms with Crippen LogP contribution in [-0.4, -0.2) is 37.5 Å². The summed E-state index contributed by atoms with van der Waals surface area (Å²) in [5.74, 6) is 0.710. The van der Waals surface area contributed by atoms with E-state index < -0.39 is 5.97 Å². The Labute approximate surface area is 158 Å². The van der Waals surface area contributed by atoms with E-state index in [0.717, 1.165) is 5.56 Å². The third-order valence-electron chi connectivity index (χ3n) is 3.95. The quantitative estimate of drug-likeness (QED) is 0.714. The molecule has 7 heteroatoms. The highest BCUT2D eigenvalue weighted by Gasteiger charge is 2.16. The molecule has 0 spiro atoms. The minimum Gasteiger partial charge on any atom is -0.465 e. The first-order chi connectivity index (χ1) is 12.4. The molecule has 1 aromatic heterocycles. The summed E-state index contributed by atoms with van der Waals surface area (Å²) in [4.78, 5) is 25.6. The van der Waals surface area contributed by atoms with Crippen LogP contribution in [-0.2, 0) is 22.6 Å². The lowest BCUT2D eigenvalue weighted by atomic mass is 10.2. The Bertz CT molecular complexity index is 773. The van der Waals surface area contributed by atoms with Crippen LogP contribution in [0.5, 0.6) is 0 Å². The van der Waals surface area contributed by atoms with Crippen molar-refractivity contribution < 1.29 is 18.7 Å². The van der Waals surface area contributed by atoms with Crippen LogP contribution >= 0.6 is 11.6 Å². The summed E-state index contributed by atoms with van der Waals surface area (Å²) in [6.45, 7) is 3.18. The third kappa shape index (κ3) is 5.61. The maximum Gasteiger partial charge on any atom is 0.341 e. The number of benzene rings is 1. The van der Waals surface area contributed by atoms with Crippen molar-refractivity contribution in [1.82, 2.24) is 10.2 Å². The SMILES string of the molecule is COC(=O)c1cc(CN(C)CCC(=O)NCc2ccccc2Cl)oc1C. The number of methoxy groups -OCH3 is 1. The fourth-order valence-electron chi connectivity index (χ4n) is 2.50. The van der Waals surface area contributed by atoms with Crippen molar-refractivity contribution in [3.05, 3.63) is 58.0 Å². The number of nitrogens with one attached hydrogen (secondary N) is 1. The zero-order valence-electron chi connectivity index (χ0n) is 15.2. The molecule has 0 bridgehead atoms. The minimum atomic E-state index is -0.417. The maximum absolute atomic E-state index is 12.0. The molecule has 0 saturated heterocycles. The smallest absolute Gasteiger partial charge is 0.341 e. The summed E-state index contributed by atoms with van der Waals surface area (Å²) in [6, 6.07) is 9.09. The van der Waals surface area contributed by atoms with Crippen LogP contribution in [0.4, 0.5) is 0 Å². The molecule has 26 heavy (non-hydrogen) atoms. The van der Waals surface area contributed by atoms with Gasteiger partial charge in [0.05, 0.1) is 13.7 Å². The zero-order chi connectivity index (χ0) is 19.1. The number of ether oxygens (including phenoxy) is 1. The number of hydrogen-bond acceptors (Lipinski definition) is 5. The van der Waals surface area contributed by atoms with Gasteiger partial charge in [0, 0.05) is 24.5 Å². The second-order valence-corrected chi connectivity index (χ2v) is 6.44. The molecular weight excluding hydrogens is 356 g/mol. The number of esters is 1. The molecule has 0 saturated carbocycles. The van der Waals surface area contributed by atoms with Gasteiger partial charge in [0.25, 0.3) is 0 Å². The standard InChI is InChI=1S/C19H23ClN2O4/c1-13-16(19(24)25-3)10-15(26-13)12-22(2)9-8-18(23)21-11-14-6-4-5-7-17(14)20/h4-7,10H,8-9,11-12H2,1-3H3,(H,21,23). The van der Waals surface area contributed by atoms with Gasteiger partial charge in [0.2, 0.25) is 5.91 Å². The van der Waals surface area contributed by atoms with Gasteiger partial charge in [-0.25, -0.2) is 4.79 Å². The highest BCUT2D eigenvalue weighted by Crippen LogP contribution is 2.17. The van der Waals surface area contributed by atoms with Crippen molar-refractivity contribution >= 4 is 23.5 Å². The fourth-order valence-corrected chi connectivity index (χ4v) is 2.70. The first-order valence-corrected chi connectivity index (χ1v) is 8.64. The van der Waals surface area contributed by atoms with Crippen molar-refractivity contribution in [1.29, 1.82) is 0 Å². The Hall–Kier alpha value is -2.31. The second-order valence-electron chi connectivity index (χ2n) is 6.03. The Morgan fingerprint density at radius 1 is 1.31 bits per heavy atom. The monoisotopic (exact) mass is 378 g/mol. The van der Waals surface area contributed by atoms with E-state index in [1.807, 2.05) is 30.1 Å². The van der Waals surface area contributed by atoms with E-state index in [-0.39, 0.29) is 5.91 Å². The summed E-state index contributed by atoms with van der Waals surface area (Å²) in [6.07, 6.45) is 0.352. The molecule has 0 aliphatic heterocycles. The van der Waals surface area contributed by atoms with Crippen LogP contribution in [0.15, 0.2) is 34.7 Å². The largest absolute Gasteiger partial charge is 0.465 e. The summed E-state index contributed by atoms with van der Waals surface area (Å²) in [7, 11) is 3.22. The highest BCUT2D eigenvalue weighted by molar-refractivity contribution is 6.31. The van der Waals surface area contributed by atoms with Crippen LogP contribution in [0, 0.1) is 6.92 Å². The van der Waals surface area contributed by atoms with Crippen molar-refractivity contribution in [2.45, 2.75) is 26.4 Å². The molecule has 140 valence electrons. The molecular formula is C19H23ClN2O4. The number of amides is 1. The van der Waals surface area contributed by atoms with Crippen LogP contribution in [0.3, 0.4) is 0 Å². The fraction of sp³-hybridized carbons (Fsp3) is 0.368. The Morgan fingerprint density at radius 3 is 2.73 bits per heavy atom. The van der Waals surface area contributed by atoms with E-state index in [0.29, 0.717) is 48.2 Å². The van der Waals surface area contributed by atoms with Gasteiger partial charge >= 0.3 is 5.97 Å². The molecule has 1 aromatic carbocycles.